The third kappa shape index (κ3) is 3.45. The molecule has 5 heteroatoms. The molecule has 0 aromatic heterocycles. The lowest BCUT2D eigenvalue weighted by atomic mass is 10.1. The summed E-state index contributed by atoms with van der Waals surface area (Å²) in [5.74, 6) is 3.21. The Hall–Kier alpha value is -2.61. The molecule has 0 fully saturated rings. The number of fused-ring (bicyclic) bond motifs is 1. The van der Waals surface area contributed by atoms with E-state index in [2.05, 4.69) is 5.92 Å². The van der Waals surface area contributed by atoms with Crippen molar-refractivity contribution in [1.29, 1.82) is 0 Å². The molecule has 5 nitrogen and oxygen atoms in total. The Labute approximate surface area is 116 Å². The number of ether oxygens (including phenoxy) is 3. The molecule has 0 unspecified atom stereocenters. The molecule has 1 aliphatic rings. The number of carboxylic acid groups (broad SMARTS) is 1. The van der Waals surface area contributed by atoms with Crippen LogP contribution in [0.1, 0.15) is 18.4 Å². The van der Waals surface area contributed by atoms with Crippen molar-refractivity contribution in [3.8, 4) is 29.6 Å². The second-order valence-electron chi connectivity index (χ2n) is 4.07. The summed E-state index contributed by atoms with van der Waals surface area (Å²) < 4.78 is 16.2. The zero-order valence-electron chi connectivity index (χ0n) is 10.8. The SMILES string of the molecule is C#CCCCOc1cc2c(cc1/C=C/C(=O)O)OCO2. The van der Waals surface area contributed by atoms with Crippen LogP contribution >= 0.6 is 0 Å². The van der Waals surface area contributed by atoms with Gasteiger partial charge in [-0.25, -0.2) is 4.79 Å². The Morgan fingerprint density at radius 2 is 2.20 bits per heavy atom. The van der Waals surface area contributed by atoms with E-state index in [0.29, 0.717) is 35.8 Å². The van der Waals surface area contributed by atoms with E-state index in [0.717, 1.165) is 12.5 Å². The second-order valence-corrected chi connectivity index (χ2v) is 4.07. The normalized spacial score (nSPS) is 12.3. The Kier molecular flexibility index (Phi) is 4.51. The smallest absolute Gasteiger partial charge is 0.328 e. The molecule has 104 valence electrons. The Balaban J connectivity index is 2.18. The predicted octanol–water partition coefficient (Wildman–Crippen LogP) is 2.31. The minimum absolute atomic E-state index is 0.151. The summed E-state index contributed by atoms with van der Waals surface area (Å²) in [6, 6.07) is 3.39. The van der Waals surface area contributed by atoms with Crippen LogP contribution < -0.4 is 14.2 Å². The molecule has 1 aliphatic heterocycles. The predicted molar refractivity (Wildman–Crippen MR) is 72.8 cm³/mol. The lowest BCUT2D eigenvalue weighted by molar-refractivity contribution is -0.131. The molecule has 0 bridgehead atoms. The monoisotopic (exact) mass is 274 g/mol. The zero-order valence-corrected chi connectivity index (χ0v) is 10.8. The molecule has 0 radical (unpaired) electrons. The highest BCUT2D eigenvalue weighted by atomic mass is 16.7. The summed E-state index contributed by atoms with van der Waals surface area (Å²) in [6.07, 6.45) is 9.04. The van der Waals surface area contributed by atoms with E-state index >= 15 is 0 Å². The number of carbonyl (C=O) groups is 1. The first-order chi connectivity index (χ1) is 9.70. The van der Waals surface area contributed by atoms with Crippen LogP contribution in [0.15, 0.2) is 18.2 Å². The zero-order chi connectivity index (χ0) is 14.4. The van der Waals surface area contributed by atoms with Crippen molar-refractivity contribution in [2.75, 3.05) is 13.4 Å². The maximum Gasteiger partial charge on any atom is 0.328 e. The molecule has 1 aromatic rings. The van der Waals surface area contributed by atoms with Crippen molar-refractivity contribution in [3.05, 3.63) is 23.8 Å². The van der Waals surface area contributed by atoms with Gasteiger partial charge in [-0.1, -0.05) is 0 Å². The Bertz CT molecular complexity index is 568. The van der Waals surface area contributed by atoms with Crippen molar-refractivity contribution in [2.45, 2.75) is 12.8 Å². The molecule has 0 amide bonds. The van der Waals surface area contributed by atoms with Gasteiger partial charge in [0.2, 0.25) is 6.79 Å². The average molecular weight is 274 g/mol. The summed E-state index contributed by atoms with van der Waals surface area (Å²) in [5.41, 5.74) is 0.623. The molecule has 0 saturated carbocycles. The third-order valence-electron chi connectivity index (χ3n) is 2.63. The first-order valence-corrected chi connectivity index (χ1v) is 6.11. The third-order valence-corrected chi connectivity index (χ3v) is 2.63. The maximum atomic E-state index is 10.6. The second kappa shape index (κ2) is 6.53. The quantitative estimate of drug-likeness (QED) is 0.490. The van der Waals surface area contributed by atoms with E-state index in [-0.39, 0.29) is 6.79 Å². The van der Waals surface area contributed by atoms with Gasteiger partial charge in [-0.05, 0) is 18.6 Å². The molecular weight excluding hydrogens is 260 g/mol. The first-order valence-electron chi connectivity index (χ1n) is 6.11. The van der Waals surface area contributed by atoms with Gasteiger partial charge in [0.15, 0.2) is 11.5 Å². The lowest BCUT2D eigenvalue weighted by Gasteiger charge is -2.09. The van der Waals surface area contributed by atoms with Gasteiger partial charge < -0.3 is 19.3 Å². The number of carboxylic acids is 1. The number of benzene rings is 1. The molecule has 20 heavy (non-hydrogen) atoms. The summed E-state index contributed by atoms with van der Waals surface area (Å²) in [6.45, 7) is 0.607. The van der Waals surface area contributed by atoms with E-state index in [1.54, 1.807) is 12.1 Å². The van der Waals surface area contributed by atoms with Crippen LogP contribution in [0.3, 0.4) is 0 Å². The molecule has 1 aromatic carbocycles. The highest BCUT2D eigenvalue weighted by Gasteiger charge is 2.17. The van der Waals surface area contributed by atoms with Crippen LogP contribution in [0.25, 0.3) is 6.08 Å². The van der Waals surface area contributed by atoms with Gasteiger partial charge >= 0.3 is 5.97 Å². The van der Waals surface area contributed by atoms with Crippen LogP contribution in [0.2, 0.25) is 0 Å². The van der Waals surface area contributed by atoms with Crippen molar-refractivity contribution >= 4 is 12.0 Å². The average Bonchev–Trinajstić information content (AvgIpc) is 2.87. The highest BCUT2D eigenvalue weighted by Crippen LogP contribution is 2.38. The number of unbranched alkanes of at least 4 members (excludes halogenated alkanes) is 1. The minimum atomic E-state index is -1.03. The standard InChI is InChI=1S/C15H14O5/c1-2-3-4-7-18-12-9-14-13(19-10-20-14)8-11(12)5-6-15(16)17/h1,5-6,8-9H,3-4,7,10H2,(H,16,17)/b6-5+. The number of rotatable bonds is 6. The molecule has 1 N–H and O–H groups in total. The highest BCUT2D eigenvalue weighted by molar-refractivity contribution is 5.86. The van der Waals surface area contributed by atoms with E-state index in [1.165, 1.54) is 6.08 Å². The van der Waals surface area contributed by atoms with Crippen LogP contribution in [-0.2, 0) is 4.79 Å². The van der Waals surface area contributed by atoms with Crippen molar-refractivity contribution < 1.29 is 24.1 Å². The number of hydrogen-bond acceptors (Lipinski definition) is 4. The number of terminal acetylenes is 1. The summed E-state index contributed by atoms with van der Waals surface area (Å²) in [5, 5.41) is 8.70. The fraction of sp³-hybridized carbons (Fsp3) is 0.267. The van der Waals surface area contributed by atoms with Gasteiger partial charge in [0.25, 0.3) is 0 Å². The fourth-order valence-electron chi connectivity index (χ4n) is 1.71. The molecule has 0 spiro atoms. The minimum Gasteiger partial charge on any atom is -0.493 e. The number of hydrogen-bond donors (Lipinski definition) is 1. The fourth-order valence-corrected chi connectivity index (χ4v) is 1.71. The van der Waals surface area contributed by atoms with Gasteiger partial charge in [0, 0.05) is 24.1 Å². The van der Waals surface area contributed by atoms with E-state index in [1.807, 2.05) is 0 Å². The van der Waals surface area contributed by atoms with Crippen molar-refractivity contribution in [2.24, 2.45) is 0 Å². The summed E-state index contributed by atoms with van der Waals surface area (Å²) >= 11 is 0. The molecule has 0 aliphatic carbocycles. The van der Waals surface area contributed by atoms with E-state index in [9.17, 15) is 4.79 Å². The molecule has 0 atom stereocenters. The molecule has 1 heterocycles. The summed E-state index contributed by atoms with van der Waals surface area (Å²) in [7, 11) is 0. The maximum absolute atomic E-state index is 10.6. The van der Waals surface area contributed by atoms with Gasteiger partial charge in [-0.2, -0.15) is 0 Å². The molecule has 2 rings (SSSR count). The number of aliphatic carboxylic acids is 1. The summed E-state index contributed by atoms with van der Waals surface area (Å²) in [4.78, 5) is 10.6. The van der Waals surface area contributed by atoms with Crippen LogP contribution in [0.4, 0.5) is 0 Å². The van der Waals surface area contributed by atoms with Gasteiger partial charge in [0.1, 0.15) is 5.75 Å². The van der Waals surface area contributed by atoms with Crippen LogP contribution in [-0.4, -0.2) is 24.5 Å². The topological polar surface area (TPSA) is 65.0 Å². The Morgan fingerprint density at radius 3 is 2.90 bits per heavy atom. The Morgan fingerprint density at radius 1 is 1.45 bits per heavy atom. The van der Waals surface area contributed by atoms with Gasteiger partial charge in [0.05, 0.1) is 6.61 Å². The van der Waals surface area contributed by atoms with Gasteiger partial charge in [-0.3, -0.25) is 0 Å². The molecular formula is C15H14O5. The lowest BCUT2D eigenvalue weighted by Crippen LogP contribution is -1.99. The van der Waals surface area contributed by atoms with Crippen LogP contribution in [0, 0.1) is 12.3 Å². The van der Waals surface area contributed by atoms with E-state index in [4.69, 9.17) is 25.7 Å². The van der Waals surface area contributed by atoms with Crippen LogP contribution in [0.5, 0.6) is 17.2 Å². The van der Waals surface area contributed by atoms with E-state index < -0.39 is 5.97 Å². The largest absolute Gasteiger partial charge is 0.493 e. The molecule has 0 saturated heterocycles. The van der Waals surface area contributed by atoms with Crippen molar-refractivity contribution in [1.82, 2.24) is 0 Å². The first kappa shape index (κ1) is 13.8. The van der Waals surface area contributed by atoms with Gasteiger partial charge in [-0.15, -0.1) is 12.3 Å². The van der Waals surface area contributed by atoms with Crippen molar-refractivity contribution in [3.63, 3.8) is 0 Å².